The topological polar surface area (TPSA) is 29.3 Å². The maximum atomic E-state index is 6.39. The van der Waals surface area contributed by atoms with Crippen molar-refractivity contribution in [1.29, 1.82) is 0 Å². The molecular weight excluding hydrogens is 220 g/mol. The summed E-state index contributed by atoms with van der Waals surface area (Å²) in [7, 11) is 0. The standard InChI is InChI=1S/C16H34N2/c1-7-13(17)14(15(3,4)5)18-11-9-16(6,8-2)10-12-18/h13-14H,7-12,17H2,1-6H3. The van der Waals surface area contributed by atoms with E-state index in [0.29, 0.717) is 17.5 Å². The van der Waals surface area contributed by atoms with Crippen LogP contribution in [0, 0.1) is 10.8 Å². The van der Waals surface area contributed by atoms with Gasteiger partial charge in [-0.3, -0.25) is 4.90 Å². The molecule has 0 aromatic carbocycles. The zero-order chi connectivity index (χ0) is 14.0. The average Bonchev–Trinajstić information content (AvgIpc) is 2.30. The zero-order valence-electron chi connectivity index (χ0n) is 13.4. The normalized spacial score (nSPS) is 24.8. The number of nitrogens with two attached hydrogens (primary N) is 1. The molecule has 1 aliphatic rings. The van der Waals surface area contributed by atoms with Crippen molar-refractivity contribution in [3.63, 3.8) is 0 Å². The van der Waals surface area contributed by atoms with Crippen LogP contribution >= 0.6 is 0 Å². The lowest BCUT2D eigenvalue weighted by molar-refractivity contribution is 0.0212. The molecule has 0 aliphatic carbocycles. The van der Waals surface area contributed by atoms with E-state index < -0.39 is 0 Å². The largest absolute Gasteiger partial charge is 0.326 e. The van der Waals surface area contributed by atoms with E-state index in [1.165, 1.54) is 32.4 Å². The summed E-state index contributed by atoms with van der Waals surface area (Å²) < 4.78 is 0. The fourth-order valence-corrected chi connectivity index (χ4v) is 3.38. The Labute approximate surface area is 114 Å². The van der Waals surface area contributed by atoms with Crippen LogP contribution in [0.3, 0.4) is 0 Å². The Kier molecular flexibility index (Phi) is 5.25. The summed E-state index contributed by atoms with van der Waals surface area (Å²) >= 11 is 0. The van der Waals surface area contributed by atoms with Gasteiger partial charge in [-0.15, -0.1) is 0 Å². The first-order valence-electron chi connectivity index (χ1n) is 7.73. The van der Waals surface area contributed by atoms with E-state index in [4.69, 9.17) is 5.73 Å². The molecule has 1 fully saturated rings. The Morgan fingerprint density at radius 3 is 2.00 bits per heavy atom. The summed E-state index contributed by atoms with van der Waals surface area (Å²) in [5, 5.41) is 0. The molecule has 2 nitrogen and oxygen atoms in total. The van der Waals surface area contributed by atoms with Crippen LogP contribution in [0.2, 0.25) is 0 Å². The van der Waals surface area contributed by atoms with E-state index in [0.717, 1.165) is 6.42 Å². The molecule has 0 amide bonds. The van der Waals surface area contributed by atoms with Gasteiger partial charge in [0.15, 0.2) is 0 Å². The van der Waals surface area contributed by atoms with Gasteiger partial charge in [-0.05, 0) is 43.2 Å². The monoisotopic (exact) mass is 254 g/mol. The van der Waals surface area contributed by atoms with Crippen molar-refractivity contribution >= 4 is 0 Å². The average molecular weight is 254 g/mol. The highest BCUT2D eigenvalue weighted by atomic mass is 15.2. The van der Waals surface area contributed by atoms with Gasteiger partial charge in [0.2, 0.25) is 0 Å². The Balaban J connectivity index is 2.73. The third-order valence-corrected chi connectivity index (χ3v) is 5.02. The predicted octanol–water partition coefficient (Wildman–Crippen LogP) is 3.65. The van der Waals surface area contributed by atoms with Gasteiger partial charge in [-0.1, -0.05) is 48.0 Å². The molecule has 0 radical (unpaired) electrons. The molecular formula is C16H34N2. The second-order valence-electron chi connectivity index (χ2n) is 7.58. The van der Waals surface area contributed by atoms with Crippen LogP contribution in [0.1, 0.15) is 67.2 Å². The van der Waals surface area contributed by atoms with Gasteiger partial charge in [0, 0.05) is 12.1 Å². The molecule has 1 aliphatic heterocycles. The highest BCUT2D eigenvalue weighted by Crippen LogP contribution is 2.37. The van der Waals surface area contributed by atoms with Crippen LogP contribution in [-0.2, 0) is 0 Å². The predicted molar refractivity (Wildman–Crippen MR) is 80.7 cm³/mol. The Hall–Kier alpha value is -0.0800. The fraction of sp³-hybridized carbons (Fsp3) is 1.00. The Morgan fingerprint density at radius 1 is 1.17 bits per heavy atom. The molecule has 2 N–H and O–H groups in total. The lowest BCUT2D eigenvalue weighted by atomic mass is 9.75. The molecule has 2 heteroatoms. The number of piperidine rings is 1. The van der Waals surface area contributed by atoms with E-state index in [1.807, 2.05) is 0 Å². The van der Waals surface area contributed by atoms with Gasteiger partial charge in [0.25, 0.3) is 0 Å². The Morgan fingerprint density at radius 2 is 1.67 bits per heavy atom. The molecule has 2 atom stereocenters. The van der Waals surface area contributed by atoms with Crippen molar-refractivity contribution in [3.05, 3.63) is 0 Å². The zero-order valence-corrected chi connectivity index (χ0v) is 13.4. The van der Waals surface area contributed by atoms with Crippen LogP contribution in [0.15, 0.2) is 0 Å². The van der Waals surface area contributed by atoms with E-state index in [2.05, 4.69) is 46.4 Å². The lowest BCUT2D eigenvalue weighted by Gasteiger charge is -2.48. The van der Waals surface area contributed by atoms with Gasteiger partial charge in [0.1, 0.15) is 0 Å². The lowest BCUT2D eigenvalue weighted by Crippen LogP contribution is -2.57. The molecule has 108 valence electrons. The summed E-state index contributed by atoms with van der Waals surface area (Å²) in [4.78, 5) is 2.66. The van der Waals surface area contributed by atoms with Crippen molar-refractivity contribution in [2.75, 3.05) is 13.1 Å². The van der Waals surface area contributed by atoms with Crippen molar-refractivity contribution < 1.29 is 0 Å². The maximum Gasteiger partial charge on any atom is 0.0295 e. The molecule has 1 heterocycles. The molecule has 0 saturated carbocycles. The minimum absolute atomic E-state index is 0.273. The van der Waals surface area contributed by atoms with Crippen LogP contribution in [0.25, 0.3) is 0 Å². The third kappa shape index (κ3) is 3.71. The second-order valence-corrected chi connectivity index (χ2v) is 7.58. The first kappa shape index (κ1) is 16.0. The van der Waals surface area contributed by atoms with Gasteiger partial charge in [-0.2, -0.15) is 0 Å². The summed E-state index contributed by atoms with van der Waals surface area (Å²) in [5.41, 5.74) is 7.23. The first-order valence-corrected chi connectivity index (χ1v) is 7.73. The Bertz CT molecular complexity index is 246. The molecule has 0 aromatic heterocycles. The summed E-state index contributed by atoms with van der Waals surface area (Å²) in [5.74, 6) is 0. The number of hydrogen-bond donors (Lipinski definition) is 1. The molecule has 1 rings (SSSR count). The van der Waals surface area contributed by atoms with E-state index in [-0.39, 0.29) is 5.41 Å². The maximum absolute atomic E-state index is 6.39. The minimum atomic E-state index is 0.273. The summed E-state index contributed by atoms with van der Waals surface area (Å²) in [6.45, 7) is 16.4. The van der Waals surface area contributed by atoms with Gasteiger partial charge >= 0.3 is 0 Å². The van der Waals surface area contributed by atoms with Gasteiger partial charge < -0.3 is 5.73 Å². The molecule has 0 spiro atoms. The molecule has 0 bridgehead atoms. The summed E-state index contributed by atoms with van der Waals surface area (Å²) in [6.07, 6.45) is 5.03. The number of likely N-dealkylation sites (tertiary alicyclic amines) is 1. The van der Waals surface area contributed by atoms with Gasteiger partial charge in [0.05, 0.1) is 0 Å². The second kappa shape index (κ2) is 5.92. The highest BCUT2D eigenvalue weighted by molar-refractivity contribution is 4.94. The smallest absolute Gasteiger partial charge is 0.0295 e. The number of rotatable bonds is 4. The van der Waals surface area contributed by atoms with Crippen LogP contribution in [0.5, 0.6) is 0 Å². The number of hydrogen-bond acceptors (Lipinski definition) is 2. The highest BCUT2D eigenvalue weighted by Gasteiger charge is 2.38. The fourth-order valence-electron chi connectivity index (χ4n) is 3.38. The van der Waals surface area contributed by atoms with Crippen molar-refractivity contribution in [1.82, 2.24) is 4.90 Å². The summed E-state index contributed by atoms with van der Waals surface area (Å²) in [6, 6.07) is 0.819. The van der Waals surface area contributed by atoms with Gasteiger partial charge in [-0.25, -0.2) is 0 Å². The van der Waals surface area contributed by atoms with E-state index in [9.17, 15) is 0 Å². The van der Waals surface area contributed by atoms with E-state index in [1.54, 1.807) is 0 Å². The molecule has 2 unspecified atom stereocenters. The minimum Gasteiger partial charge on any atom is -0.326 e. The SMILES string of the molecule is CCC(N)C(N1CCC(C)(CC)CC1)C(C)(C)C. The van der Waals surface area contributed by atoms with Crippen LogP contribution < -0.4 is 5.73 Å². The third-order valence-electron chi connectivity index (χ3n) is 5.02. The number of nitrogens with zero attached hydrogens (tertiary/aromatic N) is 1. The van der Waals surface area contributed by atoms with Crippen LogP contribution in [0.4, 0.5) is 0 Å². The van der Waals surface area contributed by atoms with Crippen molar-refractivity contribution in [2.24, 2.45) is 16.6 Å². The molecule has 1 saturated heterocycles. The first-order chi connectivity index (χ1) is 8.23. The molecule has 0 aromatic rings. The quantitative estimate of drug-likeness (QED) is 0.830. The van der Waals surface area contributed by atoms with Crippen LogP contribution in [-0.4, -0.2) is 30.1 Å². The molecule has 18 heavy (non-hydrogen) atoms. The van der Waals surface area contributed by atoms with E-state index >= 15 is 0 Å². The van der Waals surface area contributed by atoms with Crippen molar-refractivity contribution in [3.8, 4) is 0 Å². The van der Waals surface area contributed by atoms with Crippen molar-refractivity contribution in [2.45, 2.75) is 79.3 Å².